The molecule has 7 heteroatoms. The Kier molecular flexibility index (Phi) is 5.75. The van der Waals surface area contributed by atoms with E-state index in [1.807, 2.05) is 26.8 Å². The van der Waals surface area contributed by atoms with Gasteiger partial charge in [-0.1, -0.05) is 19.9 Å². The van der Waals surface area contributed by atoms with Gasteiger partial charge in [0.05, 0.1) is 0 Å². The van der Waals surface area contributed by atoms with Gasteiger partial charge in [-0.05, 0) is 25.5 Å². The summed E-state index contributed by atoms with van der Waals surface area (Å²) in [7, 11) is 0. The first-order valence-corrected chi connectivity index (χ1v) is 6.55. The van der Waals surface area contributed by atoms with Gasteiger partial charge in [0.15, 0.2) is 12.4 Å². The number of hydrogen-bond donors (Lipinski definition) is 0. The third-order valence-corrected chi connectivity index (χ3v) is 2.43. The lowest BCUT2D eigenvalue weighted by atomic mass is 10.3. The van der Waals surface area contributed by atoms with E-state index in [2.05, 4.69) is 14.8 Å². The van der Waals surface area contributed by atoms with Gasteiger partial charge < -0.3 is 4.74 Å². The fraction of sp³-hybridized carbons (Fsp3) is 0.429. The zero-order chi connectivity index (χ0) is 16.0. The quantitative estimate of drug-likeness (QED) is 0.864. The molecule has 0 saturated heterocycles. The van der Waals surface area contributed by atoms with E-state index in [0.29, 0.717) is 11.5 Å². The fourth-order valence-corrected chi connectivity index (χ4v) is 1.59. The lowest BCUT2D eigenvalue weighted by Crippen LogP contribution is -2.19. The third kappa shape index (κ3) is 4.77. The molecule has 0 aromatic carbocycles. The molecule has 0 fully saturated rings. The number of aryl methyl sites for hydroxylation is 2. The maximum Gasteiger partial charge on any atom is 0.422 e. The van der Waals surface area contributed by atoms with Crippen LogP contribution in [0, 0.1) is 13.8 Å². The van der Waals surface area contributed by atoms with Crippen LogP contribution in [-0.4, -0.2) is 27.5 Å². The molecule has 0 aliphatic heterocycles. The molecule has 0 spiro atoms. The topological polar surface area (TPSA) is 39.9 Å². The van der Waals surface area contributed by atoms with Gasteiger partial charge in [-0.25, -0.2) is 9.67 Å². The summed E-state index contributed by atoms with van der Waals surface area (Å²) in [6, 6.07) is 5.07. The lowest BCUT2D eigenvalue weighted by Gasteiger charge is -2.07. The highest BCUT2D eigenvalue weighted by Gasteiger charge is 2.29. The molecule has 0 radical (unpaired) electrons. The Hall–Kier alpha value is -2.05. The van der Waals surface area contributed by atoms with Crippen molar-refractivity contribution in [2.45, 2.75) is 33.9 Å². The first kappa shape index (κ1) is 17.0. The molecule has 0 N–H and O–H groups in total. The standard InChI is InChI=1S/C12H12F3N3O.C2H6/c1-8-4-3-5-16-11(8)18-9(2)6-10(17-18)19-7-12(13,14)15;1-2/h3-6H,7H2,1-2H3;1-2H3. The average molecular weight is 301 g/mol. The van der Waals surface area contributed by atoms with E-state index < -0.39 is 12.8 Å². The van der Waals surface area contributed by atoms with Crippen LogP contribution in [0.25, 0.3) is 5.82 Å². The highest BCUT2D eigenvalue weighted by molar-refractivity contribution is 5.34. The van der Waals surface area contributed by atoms with Crippen molar-refractivity contribution >= 4 is 0 Å². The zero-order valence-corrected chi connectivity index (χ0v) is 12.4. The van der Waals surface area contributed by atoms with Crippen molar-refractivity contribution in [2.24, 2.45) is 0 Å². The van der Waals surface area contributed by atoms with Crippen LogP contribution >= 0.6 is 0 Å². The van der Waals surface area contributed by atoms with Crippen molar-refractivity contribution in [3.8, 4) is 11.7 Å². The zero-order valence-electron chi connectivity index (χ0n) is 12.4. The summed E-state index contributed by atoms with van der Waals surface area (Å²) in [6.07, 6.45) is -2.78. The van der Waals surface area contributed by atoms with E-state index in [4.69, 9.17) is 0 Å². The fourth-order valence-electron chi connectivity index (χ4n) is 1.59. The molecule has 4 nitrogen and oxygen atoms in total. The Morgan fingerprint density at radius 3 is 2.48 bits per heavy atom. The molecule has 116 valence electrons. The number of nitrogens with zero attached hydrogens (tertiary/aromatic N) is 3. The van der Waals surface area contributed by atoms with E-state index in [-0.39, 0.29) is 5.88 Å². The Labute approximate surface area is 121 Å². The van der Waals surface area contributed by atoms with Crippen LogP contribution in [0.4, 0.5) is 13.2 Å². The predicted octanol–water partition coefficient (Wildman–Crippen LogP) is 3.85. The van der Waals surface area contributed by atoms with Crippen molar-refractivity contribution in [2.75, 3.05) is 6.61 Å². The summed E-state index contributed by atoms with van der Waals surface area (Å²) < 4.78 is 42.3. The molecule has 2 aromatic heterocycles. The molecule has 0 aliphatic carbocycles. The molecular formula is C14H18F3N3O. The van der Waals surface area contributed by atoms with Gasteiger partial charge in [-0.15, -0.1) is 5.10 Å². The van der Waals surface area contributed by atoms with Crippen LogP contribution in [0.2, 0.25) is 0 Å². The summed E-state index contributed by atoms with van der Waals surface area (Å²) >= 11 is 0. The number of alkyl halides is 3. The minimum absolute atomic E-state index is 0.0696. The SMILES string of the molecule is CC.Cc1cccnc1-n1nc(OCC(F)(F)F)cc1C. The molecule has 0 amide bonds. The molecule has 0 aliphatic rings. The van der Waals surface area contributed by atoms with Crippen molar-refractivity contribution < 1.29 is 17.9 Å². The van der Waals surface area contributed by atoms with Gasteiger partial charge in [0.1, 0.15) is 0 Å². The maximum atomic E-state index is 12.1. The second-order valence-electron chi connectivity index (χ2n) is 4.08. The van der Waals surface area contributed by atoms with Gasteiger partial charge in [0.2, 0.25) is 5.88 Å². The summed E-state index contributed by atoms with van der Waals surface area (Å²) in [4.78, 5) is 4.15. The Morgan fingerprint density at radius 1 is 1.24 bits per heavy atom. The smallest absolute Gasteiger partial charge is 0.422 e. The molecule has 0 unspecified atom stereocenters. The number of aromatic nitrogens is 3. The minimum Gasteiger partial charge on any atom is -0.467 e. The van der Waals surface area contributed by atoms with Gasteiger partial charge in [0, 0.05) is 18.0 Å². The Morgan fingerprint density at radius 2 is 1.90 bits per heavy atom. The number of halogens is 3. The predicted molar refractivity (Wildman–Crippen MR) is 73.7 cm³/mol. The van der Waals surface area contributed by atoms with Crippen LogP contribution < -0.4 is 4.74 Å². The Balaban J connectivity index is 0.00000106. The Bertz CT molecular complexity index is 579. The van der Waals surface area contributed by atoms with E-state index in [9.17, 15) is 13.2 Å². The highest BCUT2D eigenvalue weighted by atomic mass is 19.4. The molecule has 0 saturated carbocycles. The molecule has 2 heterocycles. The van der Waals surface area contributed by atoms with Crippen LogP contribution in [0.5, 0.6) is 5.88 Å². The second-order valence-corrected chi connectivity index (χ2v) is 4.08. The summed E-state index contributed by atoms with van der Waals surface area (Å²) in [5.74, 6) is 0.502. The molecular weight excluding hydrogens is 283 g/mol. The number of hydrogen-bond acceptors (Lipinski definition) is 3. The molecule has 2 rings (SSSR count). The van der Waals surface area contributed by atoms with Crippen molar-refractivity contribution in [1.82, 2.24) is 14.8 Å². The molecule has 21 heavy (non-hydrogen) atoms. The van der Waals surface area contributed by atoms with Crippen LogP contribution in [-0.2, 0) is 0 Å². The van der Waals surface area contributed by atoms with Crippen molar-refractivity contribution in [3.63, 3.8) is 0 Å². The minimum atomic E-state index is -4.38. The number of rotatable bonds is 3. The van der Waals surface area contributed by atoms with Crippen LogP contribution in [0.15, 0.2) is 24.4 Å². The van der Waals surface area contributed by atoms with E-state index in [0.717, 1.165) is 5.56 Å². The summed E-state index contributed by atoms with van der Waals surface area (Å²) in [5, 5.41) is 3.98. The normalized spacial score (nSPS) is 10.8. The average Bonchev–Trinajstić information content (AvgIpc) is 2.80. The van der Waals surface area contributed by atoms with Crippen LogP contribution in [0.1, 0.15) is 25.1 Å². The monoisotopic (exact) mass is 301 g/mol. The largest absolute Gasteiger partial charge is 0.467 e. The van der Waals surface area contributed by atoms with E-state index >= 15 is 0 Å². The first-order chi connectivity index (χ1) is 9.87. The van der Waals surface area contributed by atoms with E-state index in [1.54, 1.807) is 19.2 Å². The molecule has 0 atom stereocenters. The number of ether oxygens (including phenoxy) is 1. The van der Waals surface area contributed by atoms with Gasteiger partial charge in [0.25, 0.3) is 0 Å². The summed E-state index contributed by atoms with van der Waals surface area (Å²) in [5.41, 5.74) is 1.52. The van der Waals surface area contributed by atoms with Gasteiger partial charge >= 0.3 is 6.18 Å². The third-order valence-electron chi connectivity index (χ3n) is 2.43. The molecule has 2 aromatic rings. The van der Waals surface area contributed by atoms with Crippen molar-refractivity contribution in [3.05, 3.63) is 35.7 Å². The first-order valence-electron chi connectivity index (χ1n) is 6.55. The second kappa shape index (κ2) is 7.10. The molecule has 0 bridgehead atoms. The lowest BCUT2D eigenvalue weighted by molar-refractivity contribution is -0.154. The van der Waals surface area contributed by atoms with Gasteiger partial charge in [-0.3, -0.25) is 0 Å². The van der Waals surface area contributed by atoms with Crippen LogP contribution in [0.3, 0.4) is 0 Å². The van der Waals surface area contributed by atoms with Crippen molar-refractivity contribution in [1.29, 1.82) is 0 Å². The summed E-state index contributed by atoms with van der Waals surface area (Å²) in [6.45, 7) is 6.21. The maximum absolute atomic E-state index is 12.1. The number of pyridine rings is 1. The van der Waals surface area contributed by atoms with E-state index in [1.165, 1.54) is 10.7 Å². The highest BCUT2D eigenvalue weighted by Crippen LogP contribution is 2.20. The van der Waals surface area contributed by atoms with Gasteiger partial charge in [-0.2, -0.15) is 13.2 Å².